The number of carbonyl (C=O) groups excluding carboxylic acids is 1. The number of carbonyl (C=O) groups is 1. The molecule has 2 aromatic carbocycles. The van der Waals surface area contributed by atoms with E-state index in [9.17, 15) is 4.79 Å². The Labute approximate surface area is 150 Å². The molecule has 1 amide bonds. The Bertz CT molecular complexity index is 692. The standard InChI is InChI=1S/C21H28N2O2/c1-5-23(6-2)15-18-10-8-17(9-11-18)14-22-21(24)19-13-16(3)7-12-20(19)25-4/h7-13H,5-6,14-15H2,1-4H3,(H,22,24). The van der Waals surface area contributed by atoms with Gasteiger partial charge >= 0.3 is 0 Å². The van der Waals surface area contributed by atoms with Crippen LogP contribution in [0, 0.1) is 6.92 Å². The quantitative estimate of drug-likeness (QED) is 0.795. The van der Waals surface area contributed by atoms with Gasteiger partial charge in [0.2, 0.25) is 0 Å². The summed E-state index contributed by atoms with van der Waals surface area (Å²) in [6, 6.07) is 14.0. The first-order valence-electron chi connectivity index (χ1n) is 8.80. The van der Waals surface area contributed by atoms with Crippen LogP contribution in [0.15, 0.2) is 42.5 Å². The third kappa shape index (κ3) is 5.33. The average molecular weight is 340 g/mol. The van der Waals surface area contributed by atoms with Crippen molar-refractivity contribution in [3.8, 4) is 5.75 Å². The molecular formula is C21H28N2O2. The normalized spacial score (nSPS) is 10.8. The molecule has 0 aromatic heterocycles. The highest BCUT2D eigenvalue weighted by Crippen LogP contribution is 2.19. The Morgan fingerprint density at radius 3 is 2.28 bits per heavy atom. The number of amides is 1. The lowest BCUT2D eigenvalue weighted by molar-refractivity contribution is 0.0948. The summed E-state index contributed by atoms with van der Waals surface area (Å²) in [4.78, 5) is 14.8. The second-order valence-electron chi connectivity index (χ2n) is 6.16. The van der Waals surface area contributed by atoms with Crippen LogP contribution in [-0.2, 0) is 13.1 Å². The molecule has 0 atom stereocenters. The number of hydrogen-bond acceptors (Lipinski definition) is 3. The molecule has 4 heteroatoms. The number of hydrogen-bond donors (Lipinski definition) is 1. The number of nitrogens with zero attached hydrogens (tertiary/aromatic N) is 1. The van der Waals surface area contributed by atoms with Crippen LogP contribution in [0.25, 0.3) is 0 Å². The predicted molar refractivity (Wildman–Crippen MR) is 102 cm³/mol. The summed E-state index contributed by atoms with van der Waals surface area (Å²) in [5.41, 5.74) is 3.98. The molecule has 4 nitrogen and oxygen atoms in total. The molecule has 134 valence electrons. The van der Waals surface area contributed by atoms with E-state index in [0.29, 0.717) is 17.9 Å². The van der Waals surface area contributed by atoms with Gasteiger partial charge in [0.15, 0.2) is 0 Å². The Balaban J connectivity index is 1.97. The first-order valence-corrected chi connectivity index (χ1v) is 8.80. The Hall–Kier alpha value is -2.33. The van der Waals surface area contributed by atoms with E-state index in [0.717, 1.165) is 30.8 Å². The Morgan fingerprint density at radius 1 is 1.04 bits per heavy atom. The van der Waals surface area contributed by atoms with Gasteiger partial charge in [-0.2, -0.15) is 0 Å². The fourth-order valence-electron chi connectivity index (χ4n) is 2.74. The fraction of sp³-hybridized carbons (Fsp3) is 0.381. The number of nitrogens with one attached hydrogen (secondary N) is 1. The van der Waals surface area contributed by atoms with Crippen LogP contribution in [0.5, 0.6) is 5.75 Å². The molecule has 0 radical (unpaired) electrons. The van der Waals surface area contributed by atoms with Crippen molar-refractivity contribution in [3.63, 3.8) is 0 Å². The molecule has 2 rings (SSSR count). The number of benzene rings is 2. The number of rotatable bonds is 8. The van der Waals surface area contributed by atoms with Crippen LogP contribution < -0.4 is 10.1 Å². The lowest BCUT2D eigenvalue weighted by Gasteiger charge is -2.18. The van der Waals surface area contributed by atoms with Crippen LogP contribution in [0.4, 0.5) is 0 Å². The van der Waals surface area contributed by atoms with E-state index >= 15 is 0 Å². The van der Waals surface area contributed by atoms with Crippen LogP contribution in [0.2, 0.25) is 0 Å². The van der Waals surface area contributed by atoms with E-state index in [1.807, 2.05) is 25.1 Å². The van der Waals surface area contributed by atoms with E-state index in [1.54, 1.807) is 7.11 Å². The highest BCUT2D eigenvalue weighted by molar-refractivity contribution is 5.97. The molecule has 0 fully saturated rings. The van der Waals surface area contributed by atoms with Gasteiger partial charge in [-0.1, -0.05) is 49.7 Å². The van der Waals surface area contributed by atoms with E-state index in [1.165, 1.54) is 5.56 Å². The molecule has 0 heterocycles. The molecule has 0 saturated carbocycles. The average Bonchev–Trinajstić information content (AvgIpc) is 2.65. The molecule has 0 aliphatic rings. The fourth-order valence-corrected chi connectivity index (χ4v) is 2.74. The van der Waals surface area contributed by atoms with E-state index in [-0.39, 0.29) is 5.91 Å². The summed E-state index contributed by atoms with van der Waals surface area (Å²) in [7, 11) is 1.58. The largest absolute Gasteiger partial charge is 0.496 e. The summed E-state index contributed by atoms with van der Waals surface area (Å²) >= 11 is 0. The smallest absolute Gasteiger partial charge is 0.255 e. The van der Waals surface area contributed by atoms with Gasteiger partial charge in [0, 0.05) is 13.1 Å². The monoisotopic (exact) mass is 340 g/mol. The predicted octanol–water partition coefficient (Wildman–Crippen LogP) is 3.78. The van der Waals surface area contributed by atoms with Gasteiger partial charge in [-0.15, -0.1) is 0 Å². The molecule has 25 heavy (non-hydrogen) atoms. The highest BCUT2D eigenvalue weighted by atomic mass is 16.5. The third-order valence-corrected chi connectivity index (χ3v) is 4.38. The molecule has 0 saturated heterocycles. The first kappa shape index (κ1) is 19.0. The summed E-state index contributed by atoms with van der Waals surface area (Å²) in [5, 5.41) is 2.97. The third-order valence-electron chi connectivity index (χ3n) is 4.38. The van der Waals surface area contributed by atoms with Gasteiger partial charge in [-0.3, -0.25) is 9.69 Å². The topological polar surface area (TPSA) is 41.6 Å². The molecule has 0 aliphatic carbocycles. The van der Waals surface area contributed by atoms with Crippen molar-refractivity contribution < 1.29 is 9.53 Å². The van der Waals surface area contributed by atoms with Gasteiger partial charge < -0.3 is 10.1 Å². The lowest BCUT2D eigenvalue weighted by Crippen LogP contribution is -2.24. The molecule has 0 bridgehead atoms. The lowest BCUT2D eigenvalue weighted by atomic mass is 10.1. The van der Waals surface area contributed by atoms with Crippen LogP contribution in [-0.4, -0.2) is 31.0 Å². The molecule has 1 N–H and O–H groups in total. The van der Waals surface area contributed by atoms with Gasteiger partial charge in [-0.05, 0) is 43.3 Å². The zero-order valence-corrected chi connectivity index (χ0v) is 15.6. The van der Waals surface area contributed by atoms with Crippen molar-refractivity contribution in [3.05, 3.63) is 64.7 Å². The minimum atomic E-state index is -0.118. The van der Waals surface area contributed by atoms with Crippen molar-refractivity contribution in [2.45, 2.75) is 33.9 Å². The first-order chi connectivity index (χ1) is 12.1. The number of methoxy groups -OCH3 is 1. The van der Waals surface area contributed by atoms with Gasteiger partial charge in [0.25, 0.3) is 5.91 Å². The maximum Gasteiger partial charge on any atom is 0.255 e. The number of aryl methyl sites for hydroxylation is 1. The van der Waals surface area contributed by atoms with Crippen molar-refractivity contribution in [2.75, 3.05) is 20.2 Å². The molecule has 0 aliphatic heterocycles. The zero-order valence-electron chi connectivity index (χ0n) is 15.6. The molecule has 0 spiro atoms. The van der Waals surface area contributed by atoms with Crippen LogP contribution in [0.3, 0.4) is 0 Å². The van der Waals surface area contributed by atoms with E-state index in [4.69, 9.17) is 4.74 Å². The maximum atomic E-state index is 12.4. The van der Waals surface area contributed by atoms with Gasteiger partial charge in [-0.25, -0.2) is 0 Å². The summed E-state index contributed by atoms with van der Waals surface area (Å²) in [6.45, 7) is 9.87. The van der Waals surface area contributed by atoms with Gasteiger partial charge in [0.1, 0.15) is 5.75 Å². The molecular weight excluding hydrogens is 312 g/mol. The summed E-state index contributed by atoms with van der Waals surface area (Å²) < 4.78 is 5.28. The summed E-state index contributed by atoms with van der Waals surface area (Å²) in [6.07, 6.45) is 0. The van der Waals surface area contributed by atoms with E-state index < -0.39 is 0 Å². The minimum Gasteiger partial charge on any atom is -0.496 e. The van der Waals surface area contributed by atoms with Gasteiger partial charge in [0.05, 0.1) is 12.7 Å². The maximum absolute atomic E-state index is 12.4. The Kier molecular flexibility index (Phi) is 7.02. The second kappa shape index (κ2) is 9.23. The van der Waals surface area contributed by atoms with Crippen molar-refractivity contribution in [1.82, 2.24) is 10.2 Å². The zero-order chi connectivity index (χ0) is 18.2. The van der Waals surface area contributed by atoms with Crippen LogP contribution in [0.1, 0.15) is 40.9 Å². The van der Waals surface area contributed by atoms with Crippen molar-refractivity contribution in [1.29, 1.82) is 0 Å². The van der Waals surface area contributed by atoms with Crippen molar-refractivity contribution >= 4 is 5.91 Å². The Morgan fingerprint density at radius 2 is 1.68 bits per heavy atom. The highest BCUT2D eigenvalue weighted by Gasteiger charge is 2.12. The molecule has 0 unspecified atom stereocenters. The van der Waals surface area contributed by atoms with Crippen molar-refractivity contribution in [2.24, 2.45) is 0 Å². The molecule has 2 aromatic rings. The second-order valence-corrected chi connectivity index (χ2v) is 6.16. The van der Waals surface area contributed by atoms with E-state index in [2.05, 4.69) is 48.3 Å². The minimum absolute atomic E-state index is 0.118. The van der Waals surface area contributed by atoms with Crippen LogP contribution >= 0.6 is 0 Å². The summed E-state index contributed by atoms with van der Waals surface area (Å²) in [5.74, 6) is 0.477. The SMILES string of the molecule is CCN(CC)Cc1ccc(CNC(=O)c2cc(C)ccc2OC)cc1. The number of ether oxygens (including phenoxy) is 1.